The van der Waals surface area contributed by atoms with E-state index < -0.39 is 0 Å². The smallest absolute Gasteiger partial charge is 0.220 e. The lowest BCUT2D eigenvalue weighted by Crippen LogP contribution is -2.31. The monoisotopic (exact) mass is 242 g/mol. The van der Waals surface area contributed by atoms with Gasteiger partial charge in [-0.25, -0.2) is 0 Å². The zero-order chi connectivity index (χ0) is 12.3. The van der Waals surface area contributed by atoms with Crippen molar-refractivity contribution in [3.63, 3.8) is 0 Å². The molecule has 1 fully saturated rings. The Kier molecular flexibility index (Phi) is 8.01. The van der Waals surface area contributed by atoms with Gasteiger partial charge in [0.15, 0.2) is 0 Å². The van der Waals surface area contributed by atoms with Crippen molar-refractivity contribution in [2.24, 2.45) is 11.7 Å². The van der Waals surface area contributed by atoms with Crippen molar-refractivity contribution in [1.82, 2.24) is 5.32 Å². The van der Waals surface area contributed by atoms with Crippen LogP contribution in [0.5, 0.6) is 0 Å². The van der Waals surface area contributed by atoms with Crippen molar-refractivity contribution < 1.29 is 9.53 Å². The fraction of sp³-hybridized carbons (Fsp3) is 0.923. The fourth-order valence-corrected chi connectivity index (χ4v) is 2.08. The van der Waals surface area contributed by atoms with Gasteiger partial charge in [0.2, 0.25) is 5.91 Å². The molecular formula is C13H26N2O2. The molecule has 0 aromatic carbocycles. The van der Waals surface area contributed by atoms with Gasteiger partial charge in [-0.3, -0.25) is 4.79 Å². The highest BCUT2D eigenvalue weighted by atomic mass is 16.5. The summed E-state index contributed by atoms with van der Waals surface area (Å²) in [6.45, 7) is 3.28. The standard InChI is InChI=1S/C13H26N2O2/c14-8-4-2-1-3-5-13(16)15-11-12-6-9-17-10-7-12/h12H,1-11,14H2,(H,15,16). The predicted molar refractivity (Wildman–Crippen MR) is 68.7 cm³/mol. The quantitative estimate of drug-likeness (QED) is 0.633. The maximum Gasteiger partial charge on any atom is 0.220 e. The van der Waals surface area contributed by atoms with Crippen LogP contribution in [0.2, 0.25) is 0 Å². The number of carbonyl (C=O) groups is 1. The summed E-state index contributed by atoms with van der Waals surface area (Å²) >= 11 is 0. The van der Waals surface area contributed by atoms with E-state index in [0.29, 0.717) is 12.3 Å². The average molecular weight is 242 g/mol. The Morgan fingerprint density at radius 2 is 1.88 bits per heavy atom. The topological polar surface area (TPSA) is 64.4 Å². The van der Waals surface area contributed by atoms with Crippen molar-refractivity contribution in [3.05, 3.63) is 0 Å². The van der Waals surface area contributed by atoms with E-state index in [1.54, 1.807) is 0 Å². The molecule has 17 heavy (non-hydrogen) atoms. The molecule has 1 amide bonds. The molecule has 0 aliphatic carbocycles. The Morgan fingerprint density at radius 1 is 1.18 bits per heavy atom. The van der Waals surface area contributed by atoms with Crippen molar-refractivity contribution in [2.45, 2.75) is 44.9 Å². The lowest BCUT2D eigenvalue weighted by molar-refractivity contribution is -0.121. The van der Waals surface area contributed by atoms with E-state index in [4.69, 9.17) is 10.5 Å². The average Bonchev–Trinajstić information content (AvgIpc) is 2.37. The highest BCUT2D eigenvalue weighted by Crippen LogP contribution is 2.13. The Labute approximate surface area is 104 Å². The minimum atomic E-state index is 0.198. The summed E-state index contributed by atoms with van der Waals surface area (Å²) in [5, 5.41) is 3.02. The maximum atomic E-state index is 11.6. The van der Waals surface area contributed by atoms with Gasteiger partial charge in [-0.05, 0) is 38.1 Å². The van der Waals surface area contributed by atoms with Crippen molar-refractivity contribution in [2.75, 3.05) is 26.3 Å². The molecule has 3 N–H and O–H groups in total. The molecule has 0 unspecified atom stereocenters. The second-order valence-corrected chi connectivity index (χ2v) is 4.81. The highest BCUT2D eigenvalue weighted by Gasteiger charge is 2.14. The molecule has 1 rings (SSSR count). The van der Waals surface area contributed by atoms with E-state index in [9.17, 15) is 4.79 Å². The van der Waals surface area contributed by atoms with Gasteiger partial charge < -0.3 is 15.8 Å². The van der Waals surface area contributed by atoms with Gasteiger partial charge in [-0.2, -0.15) is 0 Å². The van der Waals surface area contributed by atoms with Crippen molar-refractivity contribution in [3.8, 4) is 0 Å². The van der Waals surface area contributed by atoms with Crippen LogP contribution in [0, 0.1) is 5.92 Å². The number of ether oxygens (including phenoxy) is 1. The molecule has 0 aromatic rings. The number of rotatable bonds is 8. The molecular weight excluding hydrogens is 216 g/mol. The van der Waals surface area contributed by atoms with Gasteiger partial charge in [-0.15, -0.1) is 0 Å². The molecule has 0 aromatic heterocycles. The van der Waals surface area contributed by atoms with Gasteiger partial charge in [-0.1, -0.05) is 12.8 Å². The molecule has 0 spiro atoms. The second-order valence-electron chi connectivity index (χ2n) is 4.81. The van der Waals surface area contributed by atoms with Crippen LogP contribution in [0.25, 0.3) is 0 Å². The van der Waals surface area contributed by atoms with Crippen LogP contribution in [0.15, 0.2) is 0 Å². The summed E-state index contributed by atoms with van der Waals surface area (Å²) in [6, 6.07) is 0. The van der Waals surface area contributed by atoms with Crippen LogP contribution in [0.3, 0.4) is 0 Å². The second kappa shape index (κ2) is 9.42. The molecule has 0 radical (unpaired) electrons. The van der Waals surface area contributed by atoms with E-state index in [1.165, 1.54) is 0 Å². The molecule has 4 heteroatoms. The van der Waals surface area contributed by atoms with E-state index in [1.807, 2.05) is 0 Å². The first-order valence-electron chi connectivity index (χ1n) is 6.87. The summed E-state index contributed by atoms with van der Waals surface area (Å²) in [4.78, 5) is 11.6. The largest absolute Gasteiger partial charge is 0.381 e. The predicted octanol–water partition coefficient (Wildman–Crippen LogP) is 1.44. The van der Waals surface area contributed by atoms with Crippen LogP contribution in [0.4, 0.5) is 0 Å². The first-order valence-corrected chi connectivity index (χ1v) is 6.87. The first kappa shape index (κ1) is 14.5. The fourth-order valence-electron chi connectivity index (χ4n) is 2.08. The zero-order valence-electron chi connectivity index (χ0n) is 10.7. The first-order chi connectivity index (χ1) is 8.33. The molecule has 1 saturated heterocycles. The van der Waals surface area contributed by atoms with E-state index in [0.717, 1.165) is 64.8 Å². The Balaban J connectivity index is 1.93. The third-order valence-corrected chi connectivity index (χ3v) is 3.29. The lowest BCUT2D eigenvalue weighted by Gasteiger charge is -2.22. The zero-order valence-corrected chi connectivity index (χ0v) is 10.7. The SMILES string of the molecule is NCCCCCCC(=O)NCC1CCOCC1. The molecule has 0 saturated carbocycles. The van der Waals surface area contributed by atoms with Crippen molar-refractivity contribution >= 4 is 5.91 Å². The van der Waals surface area contributed by atoms with Gasteiger partial charge >= 0.3 is 0 Å². The lowest BCUT2D eigenvalue weighted by atomic mass is 10.0. The molecule has 0 atom stereocenters. The summed E-state index contributed by atoms with van der Waals surface area (Å²) in [6.07, 6.45) is 7.14. The highest BCUT2D eigenvalue weighted by molar-refractivity contribution is 5.75. The maximum absolute atomic E-state index is 11.6. The van der Waals surface area contributed by atoms with E-state index in [2.05, 4.69) is 5.32 Å². The van der Waals surface area contributed by atoms with Gasteiger partial charge in [0.25, 0.3) is 0 Å². The van der Waals surface area contributed by atoms with Crippen LogP contribution >= 0.6 is 0 Å². The number of nitrogens with one attached hydrogen (secondary N) is 1. The molecule has 1 heterocycles. The number of unbranched alkanes of at least 4 members (excludes halogenated alkanes) is 3. The van der Waals surface area contributed by atoms with Crippen LogP contribution in [-0.2, 0) is 9.53 Å². The Hall–Kier alpha value is -0.610. The molecule has 1 aliphatic heterocycles. The normalized spacial score (nSPS) is 17.0. The molecule has 100 valence electrons. The minimum absolute atomic E-state index is 0.198. The third-order valence-electron chi connectivity index (χ3n) is 3.29. The number of nitrogens with two attached hydrogens (primary N) is 1. The van der Waals surface area contributed by atoms with Gasteiger partial charge in [0, 0.05) is 26.2 Å². The van der Waals surface area contributed by atoms with Crippen molar-refractivity contribution in [1.29, 1.82) is 0 Å². The number of hydrogen-bond acceptors (Lipinski definition) is 3. The molecule has 4 nitrogen and oxygen atoms in total. The molecule has 0 bridgehead atoms. The van der Waals surface area contributed by atoms with Crippen LogP contribution in [0.1, 0.15) is 44.9 Å². The minimum Gasteiger partial charge on any atom is -0.381 e. The van der Waals surface area contributed by atoms with Gasteiger partial charge in [0.05, 0.1) is 0 Å². The molecule has 1 aliphatic rings. The van der Waals surface area contributed by atoms with Gasteiger partial charge in [0.1, 0.15) is 0 Å². The summed E-state index contributed by atoms with van der Waals surface area (Å²) in [5.41, 5.74) is 5.41. The third kappa shape index (κ3) is 7.34. The number of hydrogen-bond donors (Lipinski definition) is 2. The summed E-state index contributed by atoms with van der Waals surface area (Å²) in [5.74, 6) is 0.814. The summed E-state index contributed by atoms with van der Waals surface area (Å²) in [7, 11) is 0. The van der Waals surface area contributed by atoms with E-state index >= 15 is 0 Å². The number of carbonyl (C=O) groups excluding carboxylic acids is 1. The Morgan fingerprint density at radius 3 is 2.59 bits per heavy atom. The van der Waals surface area contributed by atoms with E-state index in [-0.39, 0.29) is 5.91 Å². The van der Waals surface area contributed by atoms with Crippen LogP contribution < -0.4 is 11.1 Å². The Bertz CT molecular complexity index is 204. The summed E-state index contributed by atoms with van der Waals surface area (Å²) < 4.78 is 5.29. The number of amides is 1. The van der Waals surface area contributed by atoms with Crippen LogP contribution in [-0.4, -0.2) is 32.2 Å².